The lowest BCUT2D eigenvalue weighted by molar-refractivity contribution is 0.244. The number of hydrogen-bond acceptors (Lipinski definition) is 2. The van der Waals surface area contributed by atoms with Crippen molar-refractivity contribution in [2.24, 2.45) is 5.73 Å². The molecule has 100 valence electrons. The summed E-state index contributed by atoms with van der Waals surface area (Å²) >= 11 is 0. The number of ether oxygens (including phenoxy) is 1. The predicted molar refractivity (Wildman–Crippen MR) is 72.8 cm³/mol. The fraction of sp³-hybridized carbons (Fsp3) is 0.500. The van der Waals surface area contributed by atoms with Crippen LogP contribution in [0.15, 0.2) is 24.3 Å². The number of amides is 2. The van der Waals surface area contributed by atoms with E-state index in [4.69, 9.17) is 10.5 Å². The maximum absolute atomic E-state index is 10.5. The van der Waals surface area contributed by atoms with Crippen LogP contribution in [0, 0.1) is 0 Å². The van der Waals surface area contributed by atoms with Crippen LogP contribution in [0.1, 0.15) is 38.2 Å². The molecule has 0 spiro atoms. The summed E-state index contributed by atoms with van der Waals surface area (Å²) < 4.78 is 5.49. The van der Waals surface area contributed by atoms with Crippen molar-refractivity contribution in [2.45, 2.75) is 32.6 Å². The first-order valence-electron chi connectivity index (χ1n) is 6.43. The smallest absolute Gasteiger partial charge is 0.312 e. The highest BCUT2D eigenvalue weighted by Gasteiger charge is 2.06. The maximum atomic E-state index is 10.5. The van der Waals surface area contributed by atoms with Crippen molar-refractivity contribution >= 4 is 6.03 Å². The molecular formula is C14H22N2O2. The van der Waals surface area contributed by atoms with Crippen molar-refractivity contribution in [1.82, 2.24) is 5.32 Å². The Labute approximate surface area is 109 Å². The molecule has 0 bridgehead atoms. The van der Waals surface area contributed by atoms with Crippen LogP contribution in [-0.2, 0) is 0 Å². The number of carbonyl (C=O) groups excluding carboxylic acids is 1. The molecular weight excluding hydrogens is 228 g/mol. The summed E-state index contributed by atoms with van der Waals surface area (Å²) in [5, 5.41) is 2.48. The highest BCUT2D eigenvalue weighted by Crippen LogP contribution is 2.24. The largest absolute Gasteiger partial charge is 0.492 e. The van der Waals surface area contributed by atoms with Crippen LogP contribution in [0.4, 0.5) is 4.79 Å². The van der Waals surface area contributed by atoms with Crippen molar-refractivity contribution in [3.8, 4) is 5.75 Å². The van der Waals surface area contributed by atoms with E-state index in [-0.39, 0.29) is 0 Å². The van der Waals surface area contributed by atoms with E-state index in [1.54, 1.807) is 0 Å². The second-order valence-electron chi connectivity index (χ2n) is 4.22. The molecule has 0 aromatic heterocycles. The van der Waals surface area contributed by atoms with Gasteiger partial charge in [0.2, 0.25) is 0 Å². The Morgan fingerprint density at radius 1 is 1.28 bits per heavy atom. The number of rotatable bonds is 7. The Kier molecular flexibility index (Phi) is 6.05. The van der Waals surface area contributed by atoms with Crippen molar-refractivity contribution in [2.75, 3.05) is 13.2 Å². The molecule has 18 heavy (non-hydrogen) atoms. The van der Waals surface area contributed by atoms with Crippen LogP contribution in [0.3, 0.4) is 0 Å². The van der Waals surface area contributed by atoms with E-state index in [1.165, 1.54) is 5.56 Å². The van der Waals surface area contributed by atoms with Crippen LogP contribution >= 0.6 is 0 Å². The number of carbonyl (C=O) groups is 1. The molecule has 2 amide bonds. The average Bonchev–Trinajstić information content (AvgIpc) is 2.37. The zero-order valence-electron chi connectivity index (χ0n) is 11.1. The summed E-state index contributed by atoms with van der Waals surface area (Å²) in [7, 11) is 0. The van der Waals surface area contributed by atoms with Crippen LogP contribution in [0.2, 0.25) is 0 Å². The van der Waals surface area contributed by atoms with Gasteiger partial charge in [0.1, 0.15) is 12.4 Å². The molecule has 0 fully saturated rings. The monoisotopic (exact) mass is 250 g/mol. The third-order valence-electron chi connectivity index (χ3n) is 3.01. The minimum Gasteiger partial charge on any atom is -0.492 e. The van der Waals surface area contributed by atoms with Crippen LogP contribution in [0.5, 0.6) is 5.75 Å². The van der Waals surface area contributed by atoms with Gasteiger partial charge in [-0.1, -0.05) is 26.0 Å². The van der Waals surface area contributed by atoms with Gasteiger partial charge in [-0.05, 0) is 36.5 Å². The third-order valence-corrected chi connectivity index (χ3v) is 3.01. The number of primary amides is 1. The summed E-state index contributed by atoms with van der Waals surface area (Å²) in [4.78, 5) is 10.5. The van der Waals surface area contributed by atoms with Crippen molar-refractivity contribution in [3.63, 3.8) is 0 Å². The van der Waals surface area contributed by atoms with E-state index in [9.17, 15) is 4.79 Å². The molecule has 1 aromatic rings. The van der Waals surface area contributed by atoms with E-state index in [0.717, 1.165) is 18.6 Å². The van der Waals surface area contributed by atoms with Crippen molar-refractivity contribution in [3.05, 3.63) is 29.8 Å². The van der Waals surface area contributed by atoms with Crippen LogP contribution in [0.25, 0.3) is 0 Å². The lowest BCUT2D eigenvalue weighted by Gasteiger charge is -2.13. The fourth-order valence-electron chi connectivity index (χ4n) is 1.94. The molecule has 3 N–H and O–H groups in total. The first-order chi connectivity index (χ1) is 8.67. The standard InChI is InChI=1S/C14H22N2O2/c1-3-11(4-2)12-5-7-13(8-6-12)18-10-9-16-14(15)17/h5-8,11H,3-4,9-10H2,1-2H3,(H3,15,16,17). The maximum Gasteiger partial charge on any atom is 0.312 e. The molecule has 0 saturated heterocycles. The summed E-state index contributed by atoms with van der Waals surface area (Å²) in [5.41, 5.74) is 6.30. The van der Waals surface area contributed by atoms with Gasteiger partial charge in [-0.3, -0.25) is 0 Å². The summed E-state index contributed by atoms with van der Waals surface area (Å²) in [6.45, 7) is 5.25. The van der Waals surface area contributed by atoms with Gasteiger partial charge < -0.3 is 15.8 Å². The Bertz CT molecular complexity index is 359. The Balaban J connectivity index is 2.42. The number of urea groups is 1. The number of nitrogens with two attached hydrogens (primary N) is 1. The van der Waals surface area contributed by atoms with E-state index in [0.29, 0.717) is 19.1 Å². The molecule has 1 aromatic carbocycles. The SMILES string of the molecule is CCC(CC)c1ccc(OCCNC(N)=O)cc1. The topological polar surface area (TPSA) is 64.3 Å². The highest BCUT2D eigenvalue weighted by molar-refractivity contribution is 5.71. The van der Waals surface area contributed by atoms with Crippen molar-refractivity contribution < 1.29 is 9.53 Å². The molecule has 0 aliphatic carbocycles. The number of benzene rings is 1. The van der Waals surface area contributed by atoms with Gasteiger partial charge in [-0.15, -0.1) is 0 Å². The van der Waals surface area contributed by atoms with Gasteiger partial charge in [-0.2, -0.15) is 0 Å². The quantitative estimate of drug-likeness (QED) is 0.731. The lowest BCUT2D eigenvalue weighted by Crippen LogP contribution is -2.32. The highest BCUT2D eigenvalue weighted by atomic mass is 16.5. The molecule has 0 unspecified atom stereocenters. The Hall–Kier alpha value is -1.71. The molecule has 4 heteroatoms. The molecule has 4 nitrogen and oxygen atoms in total. The van der Waals surface area contributed by atoms with Gasteiger partial charge in [0, 0.05) is 0 Å². The van der Waals surface area contributed by atoms with E-state index < -0.39 is 6.03 Å². The minimum absolute atomic E-state index is 0.420. The van der Waals surface area contributed by atoms with E-state index in [1.807, 2.05) is 12.1 Å². The van der Waals surface area contributed by atoms with Gasteiger partial charge in [-0.25, -0.2) is 4.79 Å². The summed E-state index contributed by atoms with van der Waals surface area (Å²) in [6, 6.07) is 7.63. The van der Waals surface area contributed by atoms with Crippen LogP contribution < -0.4 is 15.8 Å². The molecule has 0 heterocycles. The molecule has 0 saturated carbocycles. The first-order valence-corrected chi connectivity index (χ1v) is 6.43. The summed E-state index contributed by atoms with van der Waals surface area (Å²) in [6.07, 6.45) is 2.30. The summed E-state index contributed by atoms with van der Waals surface area (Å²) in [5.74, 6) is 1.44. The molecule has 0 radical (unpaired) electrons. The second-order valence-corrected chi connectivity index (χ2v) is 4.22. The average molecular weight is 250 g/mol. The normalized spacial score (nSPS) is 10.4. The predicted octanol–water partition coefficient (Wildman–Crippen LogP) is 2.64. The molecule has 0 aliphatic rings. The van der Waals surface area contributed by atoms with Crippen molar-refractivity contribution in [1.29, 1.82) is 0 Å². The minimum atomic E-state index is -0.525. The van der Waals surface area contributed by atoms with E-state index >= 15 is 0 Å². The third kappa shape index (κ3) is 4.65. The number of nitrogens with one attached hydrogen (secondary N) is 1. The fourth-order valence-corrected chi connectivity index (χ4v) is 1.94. The molecule has 1 rings (SSSR count). The zero-order valence-corrected chi connectivity index (χ0v) is 11.1. The zero-order chi connectivity index (χ0) is 13.4. The molecule has 0 aliphatic heterocycles. The van der Waals surface area contributed by atoms with Crippen LogP contribution in [-0.4, -0.2) is 19.2 Å². The Morgan fingerprint density at radius 3 is 2.39 bits per heavy atom. The van der Waals surface area contributed by atoms with Gasteiger partial charge >= 0.3 is 6.03 Å². The van der Waals surface area contributed by atoms with E-state index in [2.05, 4.69) is 31.3 Å². The number of hydrogen-bond donors (Lipinski definition) is 2. The van der Waals surface area contributed by atoms with Gasteiger partial charge in [0.05, 0.1) is 6.54 Å². The lowest BCUT2D eigenvalue weighted by atomic mass is 9.94. The first kappa shape index (κ1) is 14.4. The Morgan fingerprint density at radius 2 is 1.89 bits per heavy atom. The van der Waals surface area contributed by atoms with Gasteiger partial charge in [0.25, 0.3) is 0 Å². The van der Waals surface area contributed by atoms with Gasteiger partial charge in [0.15, 0.2) is 0 Å². The second kappa shape index (κ2) is 7.58. The molecule has 0 atom stereocenters.